The van der Waals surface area contributed by atoms with Gasteiger partial charge in [0.15, 0.2) is 11.5 Å². The summed E-state index contributed by atoms with van der Waals surface area (Å²) in [4.78, 5) is 23.0. The molecule has 0 spiro atoms. The van der Waals surface area contributed by atoms with Gasteiger partial charge in [-0.25, -0.2) is 4.79 Å². The Morgan fingerprint density at radius 3 is 2.54 bits per heavy atom. The van der Waals surface area contributed by atoms with E-state index in [2.05, 4.69) is 16.0 Å². The third kappa shape index (κ3) is 3.95. The van der Waals surface area contributed by atoms with Crippen LogP contribution in [0.2, 0.25) is 0 Å². The van der Waals surface area contributed by atoms with Crippen molar-refractivity contribution < 1.29 is 19.1 Å². The molecule has 3 N–H and O–H groups in total. The molecule has 0 fully saturated rings. The van der Waals surface area contributed by atoms with Crippen LogP contribution in [0.4, 0.5) is 16.2 Å². The highest BCUT2D eigenvalue weighted by atomic mass is 16.7. The van der Waals surface area contributed by atoms with Gasteiger partial charge >= 0.3 is 6.03 Å². The van der Waals surface area contributed by atoms with Gasteiger partial charge in [0.2, 0.25) is 12.7 Å². The molecule has 0 saturated heterocycles. The first-order valence-corrected chi connectivity index (χ1v) is 7.41. The molecule has 0 saturated carbocycles. The van der Waals surface area contributed by atoms with E-state index in [1.807, 2.05) is 18.2 Å². The molecule has 0 unspecified atom stereocenters. The van der Waals surface area contributed by atoms with E-state index in [9.17, 15) is 9.59 Å². The van der Waals surface area contributed by atoms with Gasteiger partial charge < -0.3 is 25.4 Å². The summed E-state index contributed by atoms with van der Waals surface area (Å²) >= 11 is 0. The number of rotatable bonds is 4. The van der Waals surface area contributed by atoms with E-state index < -0.39 is 0 Å². The highest BCUT2D eigenvalue weighted by Crippen LogP contribution is 2.32. The van der Waals surface area contributed by atoms with Crippen molar-refractivity contribution in [3.8, 4) is 11.5 Å². The van der Waals surface area contributed by atoms with Crippen molar-refractivity contribution >= 4 is 23.3 Å². The Morgan fingerprint density at radius 2 is 1.75 bits per heavy atom. The quantitative estimate of drug-likeness (QED) is 0.805. The van der Waals surface area contributed by atoms with E-state index in [-0.39, 0.29) is 18.7 Å². The average Bonchev–Trinajstić information content (AvgIpc) is 3.00. The van der Waals surface area contributed by atoms with Gasteiger partial charge in [0, 0.05) is 24.8 Å². The zero-order valence-corrected chi connectivity index (χ0v) is 13.1. The minimum absolute atomic E-state index is 0.167. The van der Waals surface area contributed by atoms with Gasteiger partial charge in [0.25, 0.3) is 0 Å². The number of nitrogens with one attached hydrogen (secondary N) is 3. The molecular formula is C17H17N3O4. The first kappa shape index (κ1) is 15.7. The van der Waals surface area contributed by atoms with Gasteiger partial charge in [-0.15, -0.1) is 0 Å². The van der Waals surface area contributed by atoms with Gasteiger partial charge in [-0.05, 0) is 35.9 Å². The summed E-state index contributed by atoms with van der Waals surface area (Å²) in [5.41, 5.74) is 2.11. The highest BCUT2D eigenvalue weighted by molar-refractivity contribution is 5.92. The fourth-order valence-corrected chi connectivity index (χ4v) is 2.29. The lowest BCUT2D eigenvalue weighted by molar-refractivity contribution is -0.114. The predicted molar refractivity (Wildman–Crippen MR) is 89.2 cm³/mol. The van der Waals surface area contributed by atoms with Crippen LogP contribution in [0.25, 0.3) is 0 Å². The zero-order valence-electron chi connectivity index (χ0n) is 13.1. The Labute approximate surface area is 139 Å². The summed E-state index contributed by atoms with van der Waals surface area (Å²) in [6, 6.07) is 12.1. The third-order valence-corrected chi connectivity index (χ3v) is 3.33. The lowest BCUT2D eigenvalue weighted by Crippen LogP contribution is -2.28. The molecular weight excluding hydrogens is 310 g/mol. The number of hydrogen-bond acceptors (Lipinski definition) is 4. The Morgan fingerprint density at radius 1 is 1.00 bits per heavy atom. The maximum atomic E-state index is 12.0. The minimum atomic E-state index is -0.340. The predicted octanol–water partition coefficient (Wildman–Crippen LogP) is 2.70. The second-order valence-electron chi connectivity index (χ2n) is 5.26. The molecule has 1 aliphatic heterocycles. The second kappa shape index (κ2) is 6.91. The third-order valence-electron chi connectivity index (χ3n) is 3.33. The lowest BCUT2D eigenvalue weighted by Gasteiger charge is -2.09. The number of urea groups is 1. The summed E-state index contributed by atoms with van der Waals surface area (Å²) < 4.78 is 10.5. The van der Waals surface area contributed by atoms with Gasteiger partial charge in [-0.3, -0.25) is 4.79 Å². The summed E-state index contributed by atoms with van der Waals surface area (Å²) in [6.45, 7) is 2.00. The topological polar surface area (TPSA) is 88.7 Å². The molecule has 124 valence electrons. The average molecular weight is 327 g/mol. The van der Waals surface area contributed by atoms with Crippen LogP contribution >= 0.6 is 0 Å². The standard InChI is InChI=1S/C17H17N3O4/c1-11(21)19-13-3-2-4-14(8-13)20-17(22)18-9-12-5-6-15-16(7-12)24-10-23-15/h2-8H,9-10H2,1H3,(H,19,21)(H2,18,20,22). The van der Waals surface area contributed by atoms with E-state index >= 15 is 0 Å². The largest absolute Gasteiger partial charge is 0.454 e. The molecule has 1 aliphatic rings. The second-order valence-corrected chi connectivity index (χ2v) is 5.26. The molecule has 3 rings (SSSR count). The number of hydrogen-bond donors (Lipinski definition) is 3. The number of anilines is 2. The van der Waals surface area contributed by atoms with Crippen LogP contribution < -0.4 is 25.4 Å². The Bertz CT molecular complexity index is 776. The van der Waals surface area contributed by atoms with Crippen molar-refractivity contribution in [3.05, 3.63) is 48.0 Å². The van der Waals surface area contributed by atoms with Crippen LogP contribution in [-0.4, -0.2) is 18.7 Å². The molecule has 3 amide bonds. The molecule has 7 heteroatoms. The van der Waals surface area contributed by atoms with Crippen LogP contribution in [0.1, 0.15) is 12.5 Å². The maximum absolute atomic E-state index is 12.0. The molecule has 2 aromatic carbocycles. The van der Waals surface area contributed by atoms with E-state index in [0.29, 0.717) is 29.4 Å². The van der Waals surface area contributed by atoms with Crippen molar-refractivity contribution in [2.75, 3.05) is 17.4 Å². The fourth-order valence-electron chi connectivity index (χ4n) is 2.29. The van der Waals surface area contributed by atoms with E-state index in [4.69, 9.17) is 9.47 Å². The number of fused-ring (bicyclic) bond motifs is 1. The Kier molecular flexibility index (Phi) is 4.51. The van der Waals surface area contributed by atoms with Crippen molar-refractivity contribution in [3.63, 3.8) is 0 Å². The Hall–Kier alpha value is -3.22. The summed E-state index contributed by atoms with van der Waals surface area (Å²) in [6.07, 6.45) is 0. The molecule has 24 heavy (non-hydrogen) atoms. The highest BCUT2D eigenvalue weighted by Gasteiger charge is 2.13. The van der Waals surface area contributed by atoms with Gasteiger partial charge in [-0.1, -0.05) is 12.1 Å². The van der Waals surface area contributed by atoms with Crippen molar-refractivity contribution in [2.45, 2.75) is 13.5 Å². The number of benzene rings is 2. The van der Waals surface area contributed by atoms with Crippen LogP contribution in [-0.2, 0) is 11.3 Å². The lowest BCUT2D eigenvalue weighted by atomic mass is 10.2. The smallest absolute Gasteiger partial charge is 0.319 e. The first-order chi connectivity index (χ1) is 11.6. The summed E-state index contributed by atoms with van der Waals surface area (Å²) in [5, 5.41) is 8.15. The van der Waals surface area contributed by atoms with Gasteiger partial charge in [0.1, 0.15) is 0 Å². The minimum Gasteiger partial charge on any atom is -0.454 e. The fraction of sp³-hybridized carbons (Fsp3) is 0.176. The Balaban J connectivity index is 1.55. The maximum Gasteiger partial charge on any atom is 0.319 e. The first-order valence-electron chi connectivity index (χ1n) is 7.41. The molecule has 2 aromatic rings. The van der Waals surface area contributed by atoms with Crippen molar-refractivity contribution in [1.29, 1.82) is 0 Å². The molecule has 0 atom stereocenters. The van der Waals surface area contributed by atoms with E-state index in [1.54, 1.807) is 24.3 Å². The molecule has 0 bridgehead atoms. The SMILES string of the molecule is CC(=O)Nc1cccc(NC(=O)NCc2ccc3c(c2)OCO3)c1. The van der Waals surface area contributed by atoms with Crippen LogP contribution in [0, 0.1) is 0 Å². The summed E-state index contributed by atoms with van der Waals surface area (Å²) in [7, 11) is 0. The van der Waals surface area contributed by atoms with Crippen LogP contribution in [0.3, 0.4) is 0 Å². The molecule has 0 aromatic heterocycles. The van der Waals surface area contributed by atoms with Gasteiger partial charge in [-0.2, -0.15) is 0 Å². The number of carbonyl (C=O) groups excluding carboxylic acids is 2. The van der Waals surface area contributed by atoms with Crippen molar-refractivity contribution in [2.24, 2.45) is 0 Å². The number of carbonyl (C=O) groups is 2. The van der Waals surface area contributed by atoms with E-state index in [1.165, 1.54) is 6.92 Å². The molecule has 0 aliphatic carbocycles. The zero-order chi connectivity index (χ0) is 16.9. The van der Waals surface area contributed by atoms with Crippen LogP contribution in [0.15, 0.2) is 42.5 Å². The molecule has 0 radical (unpaired) electrons. The number of ether oxygens (including phenoxy) is 2. The molecule has 7 nitrogen and oxygen atoms in total. The molecule has 1 heterocycles. The summed E-state index contributed by atoms with van der Waals surface area (Å²) in [5.74, 6) is 1.22. The van der Waals surface area contributed by atoms with Gasteiger partial charge in [0.05, 0.1) is 0 Å². The van der Waals surface area contributed by atoms with Crippen molar-refractivity contribution in [1.82, 2.24) is 5.32 Å². The number of amides is 3. The normalized spacial score (nSPS) is 11.7. The monoisotopic (exact) mass is 327 g/mol. The van der Waals surface area contributed by atoms with E-state index in [0.717, 1.165) is 5.56 Å². The van der Waals surface area contributed by atoms with Crippen LogP contribution in [0.5, 0.6) is 11.5 Å².